The number of aliphatic hydroxyl groups is 1. The molecule has 0 aliphatic heterocycles. The van der Waals surface area contributed by atoms with Gasteiger partial charge in [-0.05, 0) is 66.7 Å². The number of rotatable bonds is 6. The number of benzene rings is 1. The molecule has 1 aliphatic carbocycles. The summed E-state index contributed by atoms with van der Waals surface area (Å²) in [5.74, 6) is 0.0731. The standard InChI is InChI=1S/C15H20BrNO2/c1-11(19)14-7-6-13(10-15(14)16)17(8-3-9-18)12-4-2-5-12/h6-7,10,12,18H,2-5,8-9H2,1H3. The molecule has 19 heavy (non-hydrogen) atoms. The van der Waals surface area contributed by atoms with Crippen LogP contribution < -0.4 is 4.90 Å². The normalized spacial score (nSPS) is 15.1. The van der Waals surface area contributed by atoms with Gasteiger partial charge in [0.1, 0.15) is 0 Å². The number of Topliss-reactive ketones (excluding diaryl/α,β-unsaturated/α-hetero) is 1. The second kappa shape index (κ2) is 6.53. The third-order valence-corrected chi connectivity index (χ3v) is 4.39. The molecule has 3 nitrogen and oxygen atoms in total. The van der Waals surface area contributed by atoms with Crippen molar-refractivity contribution in [3.8, 4) is 0 Å². The number of nitrogens with zero attached hydrogens (tertiary/aromatic N) is 1. The number of carbonyl (C=O) groups is 1. The Morgan fingerprint density at radius 1 is 1.47 bits per heavy atom. The van der Waals surface area contributed by atoms with Gasteiger partial charge in [-0.1, -0.05) is 0 Å². The molecule has 104 valence electrons. The highest BCUT2D eigenvalue weighted by Gasteiger charge is 2.25. The van der Waals surface area contributed by atoms with Crippen molar-refractivity contribution in [2.45, 2.75) is 38.6 Å². The minimum absolute atomic E-state index is 0.0731. The highest BCUT2D eigenvalue weighted by molar-refractivity contribution is 9.10. The molecule has 0 bridgehead atoms. The van der Waals surface area contributed by atoms with Crippen LogP contribution in [0.15, 0.2) is 22.7 Å². The molecule has 0 atom stereocenters. The summed E-state index contributed by atoms with van der Waals surface area (Å²) >= 11 is 3.48. The van der Waals surface area contributed by atoms with Gasteiger partial charge in [0.05, 0.1) is 0 Å². The summed E-state index contributed by atoms with van der Waals surface area (Å²) in [5.41, 5.74) is 1.86. The van der Waals surface area contributed by atoms with Crippen molar-refractivity contribution in [2.24, 2.45) is 0 Å². The topological polar surface area (TPSA) is 40.5 Å². The number of halogens is 1. The molecule has 0 amide bonds. The largest absolute Gasteiger partial charge is 0.396 e. The summed E-state index contributed by atoms with van der Waals surface area (Å²) in [4.78, 5) is 13.8. The Bertz CT molecular complexity index is 457. The highest BCUT2D eigenvalue weighted by atomic mass is 79.9. The van der Waals surface area contributed by atoms with Crippen molar-refractivity contribution >= 4 is 27.4 Å². The molecular formula is C15H20BrNO2. The van der Waals surface area contributed by atoms with E-state index in [0.29, 0.717) is 6.04 Å². The molecule has 1 aromatic rings. The van der Waals surface area contributed by atoms with Crippen molar-refractivity contribution in [3.05, 3.63) is 28.2 Å². The fraction of sp³-hybridized carbons (Fsp3) is 0.533. The van der Waals surface area contributed by atoms with Crippen LogP contribution in [-0.4, -0.2) is 30.1 Å². The van der Waals surface area contributed by atoms with E-state index >= 15 is 0 Å². The van der Waals surface area contributed by atoms with Gasteiger partial charge in [0, 0.05) is 34.9 Å². The number of hydrogen-bond acceptors (Lipinski definition) is 3. The molecule has 0 heterocycles. The van der Waals surface area contributed by atoms with Crippen molar-refractivity contribution in [3.63, 3.8) is 0 Å². The predicted molar refractivity (Wildman–Crippen MR) is 80.8 cm³/mol. The summed E-state index contributed by atoms with van der Waals surface area (Å²) in [5, 5.41) is 9.03. The molecular weight excluding hydrogens is 306 g/mol. The Morgan fingerprint density at radius 2 is 2.21 bits per heavy atom. The first-order valence-electron chi connectivity index (χ1n) is 6.81. The van der Waals surface area contributed by atoms with E-state index in [9.17, 15) is 4.79 Å². The van der Waals surface area contributed by atoms with Crippen LogP contribution in [0, 0.1) is 0 Å². The van der Waals surface area contributed by atoms with Crippen molar-refractivity contribution in [1.29, 1.82) is 0 Å². The quantitative estimate of drug-likeness (QED) is 0.815. The lowest BCUT2D eigenvalue weighted by Crippen LogP contribution is -2.41. The SMILES string of the molecule is CC(=O)c1ccc(N(CCCO)C2CCC2)cc1Br. The summed E-state index contributed by atoms with van der Waals surface area (Å²) in [6, 6.07) is 6.50. The molecule has 1 saturated carbocycles. The Kier molecular flexibility index (Phi) is 4.99. The number of anilines is 1. The minimum Gasteiger partial charge on any atom is -0.396 e. The van der Waals surface area contributed by atoms with Crippen LogP contribution in [0.3, 0.4) is 0 Å². The molecule has 2 rings (SSSR count). The van der Waals surface area contributed by atoms with Gasteiger partial charge in [0.15, 0.2) is 5.78 Å². The van der Waals surface area contributed by atoms with Gasteiger partial charge in [-0.3, -0.25) is 4.79 Å². The van der Waals surface area contributed by atoms with Crippen LogP contribution in [0.5, 0.6) is 0 Å². The van der Waals surface area contributed by atoms with Crippen LogP contribution in [0.1, 0.15) is 43.0 Å². The summed E-state index contributed by atoms with van der Waals surface area (Å²) < 4.78 is 0.853. The van der Waals surface area contributed by atoms with E-state index in [1.165, 1.54) is 19.3 Å². The Hall–Kier alpha value is -0.870. The minimum atomic E-state index is 0.0731. The average Bonchev–Trinajstić information content (AvgIpc) is 2.31. The van der Waals surface area contributed by atoms with E-state index in [1.807, 2.05) is 18.2 Å². The van der Waals surface area contributed by atoms with Gasteiger partial charge < -0.3 is 10.0 Å². The molecule has 1 fully saturated rings. The van der Waals surface area contributed by atoms with Gasteiger partial charge in [0.2, 0.25) is 0 Å². The summed E-state index contributed by atoms with van der Waals surface area (Å²) in [7, 11) is 0. The maximum atomic E-state index is 11.4. The number of hydrogen-bond donors (Lipinski definition) is 1. The zero-order chi connectivity index (χ0) is 13.8. The van der Waals surface area contributed by atoms with Gasteiger partial charge in [0.25, 0.3) is 0 Å². The second-order valence-corrected chi connectivity index (χ2v) is 5.93. The van der Waals surface area contributed by atoms with E-state index < -0.39 is 0 Å². The maximum absolute atomic E-state index is 11.4. The smallest absolute Gasteiger partial charge is 0.160 e. The Labute approximate surface area is 122 Å². The molecule has 0 aromatic heterocycles. The molecule has 4 heteroatoms. The third kappa shape index (κ3) is 3.37. The Balaban J connectivity index is 2.20. The molecule has 0 spiro atoms. The van der Waals surface area contributed by atoms with Gasteiger partial charge in [-0.15, -0.1) is 0 Å². The van der Waals surface area contributed by atoms with Gasteiger partial charge >= 0.3 is 0 Å². The monoisotopic (exact) mass is 325 g/mol. The fourth-order valence-corrected chi connectivity index (χ4v) is 3.08. The first kappa shape index (κ1) is 14.5. The van der Waals surface area contributed by atoms with Crippen LogP contribution in [0.25, 0.3) is 0 Å². The summed E-state index contributed by atoms with van der Waals surface area (Å²) in [6.45, 7) is 2.66. The van der Waals surface area contributed by atoms with Crippen LogP contribution in [0.2, 0.25) is 0 Å². The lowest BCUT2D eigenvalue weighted by molar-refractivity contribution is 0.101. The van der Waals surface area contributed by atoms with E-state index in [0.717, 1.165) is 28.7 Å². The lowest BCUT2D eigenvalue weighted by Gasteiger charge is -2.39. The Morgan fingerprint density at radius 3 is 2.68 bits per heavy atom. The van der Waals surface area contributed by atoms with Gasteiger partial charge in [-0.25, -0.2) is 0 Å². The van der Waals surface area contributed by atoms with Crippen molar-refractivity contribution in [2.75, 3.05) is 18.1 Å². The first-order valence-corrected chi connectivity index (χ1v) is 7.60. The zero-order valence-corrected chi connectivity index (χ0v) is 12.8. The predicted octanol–water partition coefficient (Wildman–Crippen LogP) is 3.39. The molecule has 0 radical (unpaired) electrons. The van der Waals surface area contributed by atoms with E-state index in [1.54, 1.807) is 6.92 Å². The maximum Gasteiger partial charge on any atom is 0.160 e. The van der Waals surface area contributed by atoms with E-state index in [4.69, 9.17) is 5.11 Å². The summed E-state index contributed by atoms with van der Waals surface area (Å²) in [6.07, 6.45) is 4.50. The fourth-order valence-electron chi connectivity index (χ4n) is 2.43. The first-order chi connectivity index (χ1) is 9.13. The van der Waals surface area contributed by atoms with E-state index in [2.05, 4.69) is 20.8 Å². The van der Waals surface area contributed by atoms with Crippen LogP contribution in [0.4, 0.5) is 5.69 Å². The number of ketones is 1. The van der Waals surface area contributed by atoms with Crippen molar-refractivity contribution in [1.82, 2.24) is 0 Å². The number of carbonyl (C=O) groups excluding carboxylic acids is 1. The zero-order valence-electron chi connectivity index (χ0n) is 11.2. The lowest BCUT2D eigenvalue weighted by atomic mass is 9.90. The third-order valence-electron chi connectivity index (χ3n) is 3.74. The molecule has 1 N–H and O–H groups in total. The average molecular weight is 326 g/mol. The van der Waals surface area contributed by atoms with E-state index in [-0.39, 0.29) is 12.4 Å². The molecule has 0 saturated heterocycles. The van der Waals surface area contributed by atoms with Crippen LogP contribution in [-0.2, 0) is 0 Å². The molecule has 1 aromatic carbocycles. The van der Waals surface area contributed by atoms with Gasteiger partial charge in [-0.2, -0.15) is 0 Å². The number of aliphatic hydroxyl groups excluding tert-OH is 1. The molecule has 1 aliphatic rings. The molecule has 0 unspecified atom stereocenters. The van der Waals surface area contributed by atoms with Crippen molar-refractivity contribution < 1.29 is 9.90 Å². The van der Waals surface area contributed by atoms with Crippen LogP contribution >= 0.6 is 15.9 Å². The highest BCUT2D eigenvalue weighted by Crippen LogP contribution is 2.32. The second-order valence-electron chi connectivity index (χ2n) is 5.08.